The molecule has 1 fully saturated rings. The Kier molecular flexibility index (Phi) is 3.36. The number of benzene rings is 1. The lowest BCUT2D eigenvalue weighted by Gasteiger charge is -2.32. The van der Waals surface area contributed by atoms with Gasteiger partial charge in [-0.1, -0.05) is 0 Å². The summed E-state index contributed by atoms with van der Waals surface area (Å²) < 4.78 is 0. The van der Waals surface area contributed by atoms with Crippen LogP contribution in [0.15, 0.2) is 24.3 Å². The van der Waals surface area contributed by atoms with Crippen molar-refractivity contribution in [3.63, 3.8) is 0 Å². The lowest BCUT2D eigenvalue weighted by atomic mass is 10.0. The molecule has 6 nitrogen and oxygen atoms in total. The van der Waals surface area contributed by atoms with Gasteiger partial charge in [0, 0.05) is 17.9 Å². The minimum Gasteiger partial charge on any atom is -0.465 e. The van der Waals surface area contributed by atoms with Crippen LogP contribution in [0, 0.1) is 0 Å². The van der Waals surface area contributed by atoms with Crippen molar-refractivity contribution in [3.05, 3.63) is 24.3 Å². The van der Waals surface area contributed by atoms with Crippen LogP contribution < -0.4 is 16.0 Å². The maximum atomic E-state index is 12.1. The molecule has 2 amide bonds. The van der Waals surface area contributed by atoms with Crippen molar-refractivity contribution >= 4 is 23.4 Å². The van der Waals surface area contributed by atoms with Gasteiger partial charge in [0.25, 0.3) is 0 Å². The summed E-state index contributed by atoms with van der Waals surface area (Å²) in [7, 11) is 0. The molecule has 0 aromatic heterocycles. The molecule has 0 saturated carbocycles. The van der Waals surface area contributed by atoms with Gasteiger partial charge in [0.2, 0.25) is 5.91 Å². The molecule has 0 radical (unpaired) electrons. The van der Waals surface area contributed by atoms with E-state index in [0.29, 0.717) is 18.7 Å². The predicted octanol–water partition coefficient (Wildman–Crippen LogP) is 1.03. The third kappa shape index (κ3) is 2.53. The van der Waals surface area contributed by atoms with E-state index < -0.39 is 12.1 Å². The van der Waals surface area contributed by atoms with Crippen LogP contribution in [0.3, 0.4) is 0 Å². The second-order valence-electron chi connectivity index (χ2n) is 4.23. The maximum absolute atomic E-state index is 12.1. The highest BCUT2D eigenvalue weighted by Gasteiger charge is 2.30. The first-order valence-electron chi connectivity index (χ1n) is 5.74. The van der Waals surface area contributed by atoms with Crippen molar-refractivity contribution in [2.45, 2.75) is 18.9 Å². The minimum absolute atomic E-state index is 0.214. The summed E-state index contributed by atoms with van der Waals surface area (Å²) in [5.41, 5.74) is 6.96. The number of nitrogens with zero attached hydrogens (tertiary/aromatic N) is 1. The van der Waals surface area contributed by atoms with Crippen LogP contribution in [0.5, 0.6) is 0 Å². The number of carbonyl (C=O) groups excluding carboxylic acids is 1. The fourth-order valence-corrected chi connectivity index (χ4v) is 2.07. The Labute approximate surface area is 104 Å². The Bertz CT molecular complexity index is 458. The van der Waals surface area contributed by atoms with Gasteiger partial charge in [0.05, 0.1) is 0 Å². The molecule has 0 aliphatic carbocycles. The van der Waals surface area contributed by atoms with Crippen LogP contribution in [0.1, 0.15) is 12.8 Å². The predicted molar refractivity (Wildman–Crippen MR) is 67.4 cm³/mol. The number of rotatable bonds is 2. The second kappa shape index (κ2) is 4.95. The smallest absolute Gasteiger partial charge is 0.405 e. The normalized spacial score (nSPS) is 19.7. The average Bonchev–Trinajstić information content (AvgIpc) is 2.33. The highest BCUT2D eigenvalue weighted by Crippen LogP contribution is 2.22. The van der Waals surface area contributed by atoms with Gasteiger partial charge in [-0.3, -0.25) is 4.79 Å². The number of anilines is 2. The summed E-state index contributed by atoms with van der Waals surface area (Å²) in [6, 6.07) is 6.30. The van der Waals surface area contributed by atoms with Crippen molar-refractivity contribution in [2.75, 3.05) is 17.2 Å². The van der Waals surface area contributed by atoms with E-state index in [0.717, 1.165) is 12.1 Å². The summed E-state index contributed by atoms with van der Waals surface area (Å²) >= 11 is 0. The Balaban J connectivity index is 2.15. The van der Waals surface area contributed by atoms with Crippen molar-refractivity contribution in [1.29, 1.82) is 0 Å². The van der Waals surface area contributed by atoms with E-state index in [1.54, 1.807) is 29.2 Å². The van der Waals surface area contributed by atoms with Crippen molar-refractivity contribution < 1.29 is 14.7 Å². The summed E-state index contributed by atoms with van der Waals surface area (Å²) in [5.74, 6) is -0.214. The van der Waals surface area contributed by atoms with Gasteiger partial charge in [-0.05, 0) is 37.1 Å². The first-order chi connectivity index (χ1) is 8.58. The van der Waals surface area contributed by atoms with E-state index in [2.05, 4.69) is 5.32 Å². The Morgan fingerprint density at radius 2 is 2.06 bits per heavy atom. The Morgan fingerprint density at radius 1 is 1.39 bits per heavy atom. The van der Waals surface area contributed by atoms with Crippen molar-refractivity contribution in [3.8, 4) is 0 Å². The molecule has 18 heavy (non-hydrogen) atoms. The average molecular weight is 249 g/mol. The first kappa shape index (κ1) is 12.2. The van der Waals surface area contributed by atoms with E-state index in [1.165, 1.54) is 0 Å². The van der Waals surface area contributed by atoms with Gasteiger partial charge >= 0.3 is 6.09 Å². The number of amides is 2. The van der Waals surface area contributed by atoms with Gasteiger partial charge in [0.1, 0.15) is 6.04 Å². The van der Waals surface area contributed by atoms with E-state index in [4.69, 9.17) is 10.8 Å². The Hall–Kier alpha value is -2.24. The summed E-state index contributed by atoms with van der Waals surface area (Å²) in [4.78, 5) is 24.3. The molecular formula is C12H15N3O3. The van der Waals surface area contributed by atoms with Crippen LogP contribution >= 0.6 is 0 Å². The monoisotopic (exact) mass is 249 g/mol. The lowest BCUT2D eigenvalue weighted by molar-refractivity contribution is -0.121. The molecule has 1 heterocycles. The van der Waals surface area contributed by atoms with E-state index in [1.807, 2.05) is 0 Å². The molecule has 96 valence electrons. The van der Waals surface area contributed by atoms with Crippen molar-refractivity contribution in [2.24, 2.45) is 0 Å². The first-order valence-corrected chi connectivity index (χ1v) is 5.74. The standard InChI is InChI=1S/C12H15N3O3/c13-8-3-5-9(6-4-8)15-7-1-2-10(11(15)16)14-12(17)18/h3-6,10,14H,1-2,7,13H2,(H,17,18). The van der Waals surface area contributed by atoms with E-state index in [9.17, 15) is 9.59 Å². The number of carboxylic acid groups (broad SMARTS) is 1. The minimum atomic E-state index is -1.17. The zero-order valence-corrected chi connectivity index (χ0v) is 9.80. The van der Waals surface area contributed by atoms with E-state index in [-0.39, 0.29) is 5.91 Å². The molecule has 1 aromatic rings. The quantitative estimate of drug-likeness (QED) is 0.682. The number of piperidine rings is 1. The zero-order valence-electron chi connectivity index (χ0n) is 9.80. The lowest BCUT2D eigenvalue weighted by Crippen LogP contribution is -2.52. The Morgan fingerprint density at radius 3 is 2.67 bits per heavy atom. The van der Waals surface area contributed by atoms with Gasteiger partial charge in [-0.2, -0.15) is 0 Å². The van der Waals surface area contributed by atoms with E-state index >= 15 is 0 Å². The maximum Gasteiger partial charge on any atom is 0.405 e. The van der Waals surface area contributed by atoms with Crippen LogP contribution in [-0.2, 0) is 4.79 Å². The fraction of sp³-hybridized carbons (Fsp3) is 0.333. The number of carbonyl (C=O) groups is 2. The molecule has 1 aliphatic heterocycles. The van der Waals surface area contributed by atoms with Gasteiger partial charge in [0.15, 0.2) is 0 Å². The molecule has 2 rings (SSSR count). The highest BCUT2D eigenvalue weighted by molar-refractivity contribution is 5.99. The molecule has 0 spiro atoms. The van der Waals surface area contributed by atoms with Gasteiger partial charge in [-0.25, -0.2) is 4.79 Å². The number of hydrogen-bond acceptors (Lipinski definition) is 3. The van der Waals surface area contributed by atoms with Crippen LogP contribution in [-0.4, -0.2) is 29.7 Å². The number of nitrogens with two attached hydrogens (primary N) is 1. The van der Waals surface area contributed by atoms with Crippen molar-refractivity contribution in [1.82, 2.24) is 5.32 Å². The second-order valence-corrected chi connectivity index (χ2v) is 4.23. The SMILES string of the molecule is Nc1ccc(N2CCCC(NC(=O)O)C2=O)cc1. The molecule has 1 unspecified atom stereocenters. The molecule has 1 saturated heterocycles. The van der Waals surface area contributed by atoms with Gasteiger partial charge in [-0.15, -0.1) is 0 Å². The van der Waals surface area contributed by atoms with Gasteiger partial charge < -0.3 is 21.1 Å². The molecule has 0 bridgehead atoms. The largest absolute Gasteiger partial charge is 0.465 e. The number of nitrogen functional groups attached to an aromatic ring is 1. The summed E-state index contributed by atoms with van der Waals surface area (Å²) in [6.07, 6.45) is 0.130. The molecule has 1 atom stereocenters. The molecule has 6 heteroatoms. The number of nitrogens with one attached hydrogen (secondary N) is 1. The molecule has 1 aliphatic rings. The summed E-state index contributed by atoms with van der Waals surface area (Å²) in [6.45, 7) is 0.598. The van der Waals surface area contributed by atoms with Crippen LogP contribution in [0.25, 0.3) is 0 Å². The third-order valence-electron chi connectivity index (χ3n) is 2.94. The summed E-state index contributed by atoms with van der Waals surface area (Å²) in [5, 5.41) is 10.9. The number of hydrogen-bond donors (Lipinski definition) is 3. The third-order valence-corrected chi connectivity index (χ3v) is 2.94. The molecular weight excluding hydrogens is 234 g/mol. The zero-order chi connectivity index (χ0) is 13.1. The fourth-order valence-electron chi connectivity index (χ4n) is 2.07. The van der Waals surface area contributed by atoms with Crippen LogP contribution in [0.2, 0.25) is 0 Å². The topological polar surface area (TPSA) is 95.7 Å². The van der Waals surface area contributed by atoms with Crippen LogP contribution in [0.4, 0.5) is 16.2 Å². The highest BCUT2D eigenvalue weighted by atomic mass is 16.4. The molecule has 1 aromatic carbocycles. The molecule has 4 N–H and O–H groups in total.